The molecule has 152 valence electrons. The van der Waals surface area contributed by atoms with Gasteiger partial charge in [0.05, 0.1) is 18.3 Å². The number of amides is 1. The van der Waals surface area contributed by atoms with Gasteiger partial charge in [0, 0.05) is 28.7 Å². The molecule has 5 nitrogen and oxygen atoms in total. The molecule has 0 saturated heterocycles. The lowest BCUT2D eigenvalue weighted by atomic mass is 10.0. The normalized spacial score (nSPS) is 15.3. The number of hydrogen-bond acceptors (Lipinski definition) is 4. The van der Waals surface area contributed by atoms with E-state index in [1.165, 1.54) is 0 Å². The van der Waals surface area contributed by atoms with Crippen molar-refractivity contribution in [2.24, 2.45) is 0 Å². The van der Waals surface area contributed by atoms with Gasteiger partial charge in [0.1, 0.15) is 18.1 Å². The van der Waals surface area contributed by atoms with E-state index in [0.717, 1.165) is 39.2 Å². The van der Waals surface area contributed by atoms with Gasteiger partial charge in [-0.15, -0.1) is 0 Å². The maximum absolute atomic E-state index is 12.4. The number of nitrogens with zero attached hydrogens (tertiary/aromatic N) is 1. The fourth-order valence-corrected chi connectivity index (χ4v) is 3.60. The Hall–Kier alpha value is -3.12. The summed E-state index contributed by atoms with van der Waals surface area (Å²) in [4.78, 5) is 16.7. The molecule has 6 heteroatoms. The summed E-state index contributed by atoms with van der Waals surface area (Å²) in [5.41, 5.74) is 2.79. The Morgan fingerprint density at radius 1 is 1.20 bits per heavy atom. The van der Waals surface area contributed by atoms with E-state index in [1.54, 1.807) is 18.3 Å². The molecule has 0 aliphatic carbocycles. The van der Waals surface area contributed by atoms with Crippen LogP contribution in [0.1, 0.15) is 29.3 Å². The van der Waals surface area contributed by atoms with Gasteiger partial charge in [0.25, 0.3) is 0 Å². The molecule has 0 radical (unpaired) electrons. The van der Waals surface area contributed by atoms with Crippen LogP contribution in [0.3, 0.4) is 0 Å². The first-order valence-corrected chi connectivity index (χ1v) is 10.5. The minimum absolute atomic E-state index is 0.0641. The Balaban J connectivity index is 1.33. The Morgan fingerprint density at radius 3 is 2.87 bits per heavy atom. The number of fused-ring (bicyclic) bond motifs is 1. The van der Waals surface area contributed by atoms with Crippen molar-refractivity contribution in [2.45, 2.75) is 19.1 Å². The standard InChI is InChI=1S/C24H21BrN2O3/c25-18-7-10-23-21(15-18)22(12-14-29-23)27-24(28)11-6-17-4-8-20(9-5-17)30-16-19-3-1-2-13-26-19/h1-11,13,15,22H,12,14,16H2,(H,27,28)/b11-6+. The molecule has 1 unspecified atom stereocenters. The van der Waals surface area contributed by atoms with Gasteiger partial charge >= 0.3 is 0 Å². The minimum atomic E-state index is -0.136. The van der Waals surface area contributed by atoms with Crippen molar-refractivity contribution in [3.05, 3.63) is 94.2 Å². The van der Waals surface area contributed by atoms with Crippen LogP contribution in [0.15, 0.2) is 77.4 Å². The molecule has 2 aromatic carbocycles. The zero-order valence-corrected chi connectivity index (χ0v) is 17.8. The van der Waals surface area contributed by atoms with Crippen LogP contribution in [0.4, 0.5) is 0 Å². The molecule has 30 heavy (non-hydrogen) atoms. The molecule has 1 aliphatic rings. The van der Waals surface area contributed by atoms with Crippen molar-refractivity contribution >= 4 is 27.9 Å². The van der Waals surface area contributed by atoms with E-state index in [2.05, 4.69) is 26.2 Å². The van der Waals surface area contributed by atoms with Crippen molar-refractivity contribution in [2.75, 3.05) is 6.61 Å². The number of hydrogen-bond donors (Lipinski definition) is 1. The molecule has 1 aliphatic heterocycles. The van der Waals surface area contributed by atoms with Gasteiger partial charge in [-0.2, -0.15) is 0 Å². The third-order valence-electron chi connectivity index (χ3n) is 4.75. The third kappa shape index (κ3) is 5.27. The largest absolute Gasteiger partial charge is 0.493 e. The monoisotopic (exact) mass is 464 g/mol. The highest BCUT2D eigenvalue weighted by Gasteiger charge is 2.22. The average molecular weight is 465 g/mol. The molecule has 1 aromatic heterocycles. The lowest BCUT2D eigenvalue weighted by Gasteiger charge is -2.26. The van der Waals surface area contributed by atoms with Crippen LogP contribution in [-0.4, -0.2) is 17.5 Å². The topological polar surface area (TPSA) is 60.5 Å². The van der Waals surface area contributed by atoms with Gasteiger partial charge in [-0.05, 0) is 54.1 Å². The van der Waals surface area contributed by atoms with Gasteiger partial charge < -0.3 is 14.8 Å². The van der Waals surface area contributed by atoms with Crippen LogP contribution >= 0.6 is 15.9 Å². The Morgan fingerprint density at radius 2 is 2.07 bits per heavy atom. The Kier molecular flexibility index (Phi) is 6.44. The highest BCUT2D eigenvalue weighted by atomic mass is 79.9. The van der Waals surface area contributed by atoms with E-state index in [1.807, 2.05) is 60.7 Å². The van der Waals surface area contributed by atoms with Gasteiger partial charge in [-0.25, -0.2) is 0 Å². The maximum Gasteiger partial charge on any atom is 0.244 e. The van der Waals surface area contributed by atoms with Crippen molar-refractivity contribution in [3.63, 3.8) is 0 Å². The lowest BCUT2D eigenvalue weighted by Crippen LogP contribution is -2.31. The van der Waals surface area contributed by atoms with Crippen molar-refractivity contribution in [1.82, 2.24) is 10.3 Å². The smallest absolute Gasteiger partial charge is 0.244 e. The van der Waals surface area contributed by atoms with E-state index < -0.39 is 0 Å². The second-order valence-corrected chi connectivity index (χ2v) is 7.81. The van der Waals surface area contributed by atoms with Crippen molar-refractivity contribution in [1.29, 1.82) is 0 Å². The van der Waals surface area contributed by atoms with E-state index in [9.17, 15) is 4.79 Å². The number of pyridine rings is 1. The summed E-state index contributed by atoms with van der Waals surface area (Å²) in [5, 5.41) is 3.06. The number of benzene rings is 2. The fourth-order valence-electron chi connectivity index (χ4n) is 3.22. The number of rotatable bonds is 6. The lowest BCUT2D eigenvalue weighted by molar-refractivity contribution is -0.117. The molecule has 1 atom stereocenters. The Labute approximate surface area is 183 Å². The maximum atomic E-state index is 12.4. The highest BCUT2D eigenvalue weighted by molar-refractivity contribution is 9.10. The van der Waals surface area contributed by atoms with E-state index in [0.29, 0.717) is 13.2 Å². The quantitative estimate of drug-likeness (QED) is 0.516. The predicted octanol–water partition coefficient (Wildman–Crippen LogP) is 5.08. The molecule has 2 heterocycles. The van der Waals surface area contributed by atoms with E-state index >= 15 is 0 Å². The molecule has 1 amide bonds. The number of carbonyl (C=O) groups is 1. The van der Waals surface area contributed by atoms with Crippen LogP contribution in [0.25, 0.3) is 6.08 Å². The van der Waals surface area contributed by atoms with Crippen molar-refractivity contribution in [3.8, 4) is 11.5 Å². The summed E-state index contributed by atoms with van der Waals surface area (Å²) in [6, 6.07) is 19.1. The average Bonchev–Trinajstić information content (AvgIpc) is 2.78. The second-order valence-electron chi connectivity index (χ2n) is 6.89. The van der Waals surface area contributed by atoms with Gasteiger partial charge in [0.15, 0.2) is 0 Å². The first-order valence-electron chi connectivity index (χ1n) is 9.71. The number of aromatic nitrogens is 1. The first kappa shape index (κ1) is 20.2. The molecule has 0 spiro atoms. The summed E-state index contributed by atoms with van der Waals surface area (Å²) in [6.07, 6.45) is 5.83. The summed E-state index contributed by atoms with van der Waals surface area (Å²) in [6.45, 7) is 1.00. The molecule has 4 rings (SSSR count). The molecular formula is C24H21BrN2O3. The van der Waals surface area contributed by atoms with Crippen molar-refractivity contribution < 1.29 is 14.3 Å². The SMILES string of the molecule is O=C(/C=C/c1ccc(OCc2ccccn2)cc1)NC1CCOc2ccc(Br)cc21. The number of carbonyl (C=O) groups excluding carboxylic acids is 1. The van der Waals surface area contributed by atoms with Gasteiger partial charge in [-0.3, -0.25) is 9.78 Å². The number of ether oxygens (including phenoxy) is 2. The highest BCUT2D eigenvalue weighted by Crippen LogP contribution is 2.34. The predicted molar refractivity (Wildman–Crippen MR) is 119 cm³/mol. The summed E-state index contributed by atoms with van der Waals surface area (Å²) < 4.78 is 12.4. The van der Waals surface area contributed by atoms with E-state index in [-0.39, 0.29) is 11.9 Å². The molecule has 3 aromatic rings. The summed E-state index contributed by atoms with van der Waals surface area (Å²) >= 11 is 3.48. The number of nitrogens with one attached hydrogen (secondary N) is 1. The third-order valence-corrected chi connectivity index (χ3v) is 5.24. The van der Waals surface area contributed by atoms with Crippen LogP contribution in [-0.2, 0) is 11.4 Å². The number of halogens is 1. The van der Waals surface area contributed by atoms with Crippen LogP contribution in [0.2, 0.25) is 0 Å². The minimum Gasteiger partial charge on any atom is -0.493 e. The van der Waals surface area contributed by atoms with Crippen LogP contribution < -0.4 is 14.8 Å². The Bertz CT molecular complexity index is 1040. The molecular weight excluding hydrogens is 444 g/mol. The fraction of sp³-hybridized carbons (Fsp3) is 0.167. The van der Waals surface area contributed by atoms with Gasteiger partial charge in [-0.1, -0.05) is 34.1 Å². The molecule has 0 bridgehead atoms. The van der Waals surface area contributed by atoms with Gasteiger partial charge in [0.2, 0.25) is 5.91 Å². The second kappa shape index (κ2) is 9.59. The zero-order chi connectivity index (χ0) is 20.8. The molecule has 1 N–H and O–H groups in total. The molecule has 0 saturated carbocycles. The summed E-state index contributed by atoms with van der Waals surface area (Å²) in [5.74, 6) is 1.44. The zero-order valence-electron chi connectivity index (χ0n) is 16.3. The first-order chi connectivity index (χ1) is 14.7. The van der Waals surface area contributed by atoms with Crippen LogP contribution in [0, 0.1) is 0 Å². The molecule has 0 fully saturated rings. The van der Waals surface area contributed by atoms with Crippen LogP contribution in [0.5, 0.6) is 11.5 Å². The van der Waals surface area contributed by atoms with E-state index in [4.69, 9.17) is 9.47 Å². The summed E-state index contributed by atoms with van der Waals surface area (Å²) in [7, 11) is 0.